The van der Waals surface area contributed by atoms with E-state index in [1.54, 1.807) is 7.11 Å². The van der Waals surface area contributed by atoms with Crippen LogP contribution in [0.15, 0.2) is 28.7 Å². The molecule has 0 aliphatic heterocycles. The van der Waals surface area contributed by atoms with Gasteiger partial charge in [-0.05, 0) is 29.5 Å². The van der Waals surface area contributed by atoms with Crippen LogP contribution in [0.2, 0.25) is 0 Å². The molecule has 0 spiro atoms. The van der Waals surface area contributed by atoms with E-state index in [1.807, 2.05) is 0 Å². The van der Waals surface area contributed by atoms with Crippen molar-refractivity contribution in [2.75, 3.05) is 26.8 Å². The van der Waals surface area contributed by atoms with E-state index < -0.39 is 0 Å². The molecule has 1 aromatic carbocycles. The molecule has 3 heteroatoms. The second-order valence-corrected chi connectivity index (χ2v) is 5.52. The van der Waals surface area contributed by atoms with Gasteiger partial charge in [-0.15, -0.1) is 0 Å². The zero-order valence-corrected chi connectivity index (χ0v) is 12.5. The summed E-state index contributed by atoms with van der Waals surface area (Å²) in [6.07, 6.45) is 0. The summed E-state index contributed by atoms with van der Waals surface area (Å²) in [6.45, 7) is 7.21. The molecular weight excluding hydrogens is 278 g/mol. The van der Waals surface area contributed by atoms with Gasteiger partial charge in [0.1, 0.15) is 0 Å². The predicted octanol–water partition coefficient (Wildman–Crippen LogP) is 3.42. The third kappa shape index (κ3) is 5.19. The van der Waals surface area contributed by atoms with Crippen molar-refractivity contribution in [1.29, 1.82) is 0 Å². The van der Waals surface area contributed by atoms with Crippen molar-refractivity contribution in [3.8, 4) is 0 Å². The molecule has 1 N–H and O–H groups in total. The maximum absolute atomic E-state index is 5.04. The molecule has 1 rings (SSSR count). The van der Waals surface area contributed by atoms with E-state index in [-0.39, 0.29) is 0 Å². The van der Waals surface area contributed by atoms with Gasteiger partial charge in [0.25, 0.3) is 0 Å². The van der Waals surface area contributed by atoms with Crippen LogP contribution in [0.3, 0.4) is 0 Å². The molecule has 0 aliphatic carbocycles. The lowest BCUT2D eigenvalue weighted by atomic mass is 9.88. The minimum absolute atomic E-state index is 0.546. The highest BCUT2D eigenvalue weighted by atomic mass is 79.9. The third-order valence-corrected chi connectivity index (χ3v) is 3.42. The number of methoxy groups -OCH3 is 1. The molecule has 0 aromatic heterocycles. The van der Waals surface area contributed by atoms with Gasteiger partial charge in [0.15, 0.2) is 0 Å². The Morgan fingerprint density at radius 1 is 1.35 bits per heavy atom. The number of benzene rings is 1. The van der Waals surface area contributed by atoms with Crippen LogP contribution in [-0.2, 0) is 4.74 Å². The molecule has 0 saturated carbocycles. The van der Waals surface area contributed by atoms with E-state index >= 15 is 0 Å². The van der Waals surface area contributed by atoms with Gasteiger partial charge in [0, 0.05) is 24.7 Å². The summed E-state index contributed by atoms with van der Waals surface area (Å²) >= 11 is 3.53. The third-order valence-electron chi connectivity index (χ3n) is 2.93. The van der Waals surface area contributed by atoms with Crippen molar-refractivity contribution in [3.05, 3.63) is 34.3 Å². The van der Waals surface area contributed by atoms with Crippen LogP contribution in [-0.4, -0.2) is 26.8 Å². The van der Waals surface area contributed by atoms with Crippen molar-refractivity contribution in [2.45, 2.75) is 19.8 Å². The fraction of sp³-hybridized carbons (Fsp3) is 0.571. The highest BCUT2D eigenvalue weighted by molar-refractivity contribution is 9.10. The summed E-state index contributed by atoms with van der Waals surface area (Å²) in [5.74, 6) is 1.17. The Morgan fingerprint density at radius 2 is 2.12 bits per heavy atom. The number of hydrogen-bond acceptors (Lipinski definition) is 2. The Labute approximate surface area is 113 Å². The van der Waals surface area contributed by atoms with E-state index in [9.17, 15) is 0 Å². The molecule has 0 fully saturated rings. The molecule has 17 heavy (non-hydrogen) atoms. The van der Waals surface area contributed by atoms with E-state index in [0.29, 0.717) is 11.8 Å². The van der Waals surface area contributed by atoms with E-state index in [2.05, 4.69) is 59.4 Å². The maximum Gasteiger partial charge on any atom is 0.0587 e. The van der Waals surface area contributed by atoms with Gasteiger partial charge in [0.2, 0.25) is 0 Å². The number of halogens is 1. The Bertz CT molecular complexity index is 328. The maximum atomic E-state index is 5.04. The van der Waals surface area contributed by atoms with Crippen molar-refractivity contribution >= 4 is 15.9 Å². The van der Waals surface area contributed by atoms with Crippen LogP contribution in [0.5, 0.6) is 0 Å². The number of nitrogens with one attached hydrogen (secondary N) is 1. The second-order valence-electron chi connectivity index (χ2n) is 4.60. The average Bonchev–Trinajstić information content (AvgIpc) is 2.28. The Balaban J connectivity index is 2.59. The smallest absolute Gasteiger partial charge is 0.0587 e. The lowest BCUT2D eigenvalue weighted by molar-refractivity contribution is 0.198. The molecule has 1 aromatic rings. The lowest BCUT2D eigenvalue weighted by Crippen LogP contribution is -2.27. The van der Waals surface area contributed by atoms with Crippen LogP contribution in [0.4, 0.5) is 0 Å². The largest absolute Gasteiger partial charge is 0.383 e. The molecule has 0 radical (unpaired) electrons. The van der Waals surface area contributed by atoms with Gasteiger partial charge in [-0.2, -0.15) is 0 Å². The molecule has 1 atom stereocenters. The molecule has 96 valence electrons. The van der Waals surface area contributed by atoms with Crippen molar-refractivity contribution in [2.24, 2.45) is 5.92 Å². The molecule has 0 saturated heterocycles. The average molecular weight is 300 g/mol. The zero-order valence-electron chi connectivity index (χ0n) is 10.9. The SMILES string of the molecule is COCCNCC(c1cccc(Br)c1)C(C)C. The highest BCUT2D eigenvalue weighted by Gasteiger charge is 2.15. The highest BCUT2D eigenvalue weighted by Crippen LogP contribution is 2.25. The summed E-state index contributed by atoms with van der Waals surface area (Å²) in [6, 6.07) is 8.58. The van der Waals surface area contributed by atoms with Gasteiger partial charge in [0.05, 0.1) is 6.61 Å². The summed E-state index contributed by atoms with van der Waals surface area (Å²) in [7, 11) is 1.73. The molecule has 0 bridgehead atoms. The normalized spacial score (nSPS) is 13.0. The van der Waals surface area contributed by atoms with Gasteiger partial charge in [-0.3, -0.25) is 0 Å². The summed E-state index contributed by atoms with van der Waals surface area (Å²) in [5.41, 5.74) is 1.39. The van der Waals surface area contributed by atoms with Crippen molar-refractivity contribution in [1.82, 2.24) is 5.32 Å². The predicted molar refractivity (Wildman–Crippen MR) is 76.5 cm³/mol. The van der Waals surface area contributed by atoms with Crippen LogP contribution >= 0.6 is 15.9 Å². The number of hydrogen-bond donors (Lipinski definition) is 1. The Kier molecular flexibility index (Phi) is 6.78. The molecule has 0 heterocycles. The number of ether oxygens (including phenoxy) is 1. The molecular formula is C14H22BrNO. The van der Waals surface area contributed by atoms with Gasteiger partial charge in [-0.25, -0.2) is 0 Å². The standard InChI is InChI=1S/C14H22BrNO/c1-11(2)14(10-16-7-8-17-3)12-5-4-6-13(15)9-12/h4-6,9,11,14,16H,7-8,10H2,1-3H3. The first-order valence-electron chi connectivity index (χ1n) is 6.10. The molecule has 2 nitrogen and oxygen atoms in total. The van der Waals surface area contributed by atoms with Crippen molar-refractivity contribution < 1.29 is 4.74 Å². The zero-order chi connectivity index (χ0) is 12.7. The van der Waals surface area contributed by atoms with Gasteiger partial charge < -0.3 is 10.1 Å². The van der Waals surface area contributed by atoms with Crippen molar-refractivity contribution in [3.63, 3.8) is 0 Å². The van der Waals surface area contributed by atoms with Crippen LogP contribution < -0.4 is 5.32 Å². The monoisotopic (exact) mass is 299 g/mol. The summed E-state index contributed by atoms with van der Waals surface area (Å²) in [5, 5.41) is 3.45. The van der Waals surface area contributed by atoms with Crippen LogP contribution in [0, 0.1) is 5.92 Å². The first-order chi connectivity index (χ1) is 8.15. The van der Waals surface area contributed by atoms with E-state index in [1.165, 1.54) is 5.56 Å². The fourth-order valence-corrected chi connectivity index (χ4v) is 2.32. The molecule has 0 aliphatic rings. The summed E-state index contributed by atoms with van der Waals surface area (Å²) < 4.78 is 6.19. The Morgan fingerprint density at radius 3 is 2.71 bits per heavy atom. The van der Waals surface area contributed by atoms with E-state index in [4.69, 9.17) is 4.74 Å². The van der Waals surface area contributed by atoms with E-state index in [0.717, 1.165) is 24.2 Å². The molecule has 0 amide bonds. The Hall–Kier alpha value is -0.380. The minimum Gasteiger partial charge on any atom is -0.383 e. The van der Waals surface area contributed by atoms with Gasteiger partial charge >= 0.3 is 0 Å². The first kappa shape index (κ1) is 14.7. The fourth-order valence-electron chi connectivity index (χ4n) is 1.91. The van der Waals surface area contributed by atoms with Crippen LogP contribution in [0.1, 0.15) is 25.3 Å². The first-order valence-corrected chi connectivity index (χ1v) is 6.89. The minimum atomic E-state index is 0.546. The van der Waals surface area contributed by atoms with Crippen LogP contribution in [0.25, 0.3) is 0 Å². The topological polar surface area (TPSA) is 21.3 Å². The molecule has 1 unspecified atom stereocenters. The van der Waals surface area contributed by atoms with Gasteiger partial charge in [-0.1, -0.05) is 41.9 Å². The summed E-state index contributed by atoms with van der Waals surface area (Å²) in [4.78, 5) is 0. The second kappa shape index (κ2) is 7.85. The lowest BCUT2D eigenvalue weighted by Gasteiger charge is -2.22. The number of rotatable bonds is 7. The quantitative estimate of drug-likeness (QED) is 0.779.